The van der Waals surface area contributed by atoms with E-state index in [0.717, 1.165) is 153 Å². The molecule has 1 aromatic rings. The Hall–Kier alpha value is -3.12. The van der Waals surface area contributed by atoms with Gasteiger partial charge < -0.3 is 53.6 Å². The van der Waals surface area contributed by atoms with Crippen LogP contribution in [0, 0.1) is 24.7 Å². The highest BCUT2D eigenvalue weighted by atomic mass is 16.5. The Balaban J connectivity index is 0.000000219. The van der Waals surface area contributed by atoms with Gasteiger partial charge in [-0.1, -0.05) is 18.5 Å². The maximum Gasteiger partial charge on any atom is 0.155 e. The molecule has 0 radical (unpaired) electrons. The van der Waals surface area contributed by atoms with Gasteiger partial charge in [0.15, 0.2) is 5.78 Å². The first-order chi connectivity index (χ1) is 48.3. The minimum Gasteiger partial charge on any atom is -0.395 e. The highest BCUT2D eigenvalue weighted by molar-refractivity contribution is 5.78. The topological polar surface area (TPSA) is 189 Å². The summed E-state index contributed by atoms with van der Waals surface area (Å²) in [4.78, 5) is 91.1. The summed E-state index contributed by atoms with van der Waals surface area (Å²) in [6, 6.07) is 3.42. The van der Waals surface area contributed by atoms with Crippen LogP contribution < -0.4 is 0 Å². The van der Waals surface area contributed by atoms with Crippen molar-refractivity contribution in [2.75, 3.05) is 297 Å². The summed E-state index contributed by atoms with van der Waals surface area (Å²) in [5.41, 5.74) is 1.08. The van der Waals surface area contributed by atoms with Crippen molar-refractivity contribution in [2.45, 2.75) is 138 Å². The summed E-state index contributed by atoms with van der Waals surface area (Å²) in [6.45, 7) is 57.8. The normalized spacial score (nSPS) is 25.1. The van der Waals surface area contributed by atoms with Gasteiger partial charge in [0.05, 0.1) is 45.1 Å². The average molecular weight is 1430 g/mol. The molecule has 10 rings (SSSR count). The summed E-state index contributed by atoms with van der Waals surface area (Å²) >= 11 is 0. The summed E-state index contributed by atoms with van der Waals surface area (Å²) in [7, 11) is 11.0. The van der Waals surface area contributed by atoms with E-state index >= 15 is 0 Å². The number of Topliss-reactive ketones (excluding diaryl/α,β-unsaturated/α-hetero) is 5. The number of nitrogens with zero attached hydrogens (tertiary/aromatic N) is 16. The van der Waals surface area contributed by atoms with Crippen LogP contribution in [0.25, 0.3) is 0 Å². The third kappa shape index (κ3) is 38.3. The van der Waals surface area contributed by atoms with Gasteiger partial charge in [0.25, 0.3) is 0 Å². The van der Waals surface area contributed by atoms with E-state index in [4.69, 9.17) is 9.26 Å². The number of aliphatic hydroxyl groups excluding tert-OH is 1. The van der Waals surface area contributed by atoms with E-state index in [-0.39, 0.29) is 36.6 Å². The SMILES string of the molecule is CC(=O)CN1CCC(CN2CCN(C)CC2)CC1.CC(=O)CN1CCN(CC2CCN(C)CC2)CC1.CC(=O)CN1CCN(CCC2CCN(C)C2)CC1.CC(=O)COCCN1CC(C)N(C)C(C)C1.CCCCN1CCN(CC(C)=O)CC1CO.Cc1cc(CCN2CCN(C)CC2)no1. The molecule has 0 aliphatic carbocycles. The molecule has 0 aromatic carbocycles. The Morgan fingerprint density at radius 3 is 1.36 bits per heavy atom. The average Bonchev–Trinajstić information content (AvgIpc) is 1.12. The van der Waals surface area contributed by atoms with Gasteiger partial charge in [-0.15, -0.1) is 0 Å². The first-order valence-electron chi connectivity index (χ1n) is 39.6. The molecule has 0 amide bonds. The van der Waals surface area contributed by atoms with Crippen LogP contribution in [0.5, 0.6) is 0 Å². The molecule has 4 atom stereocenters. The van der Waals surface area contributed by atoms with E-state index < -0.39 is 0 Å². The van der Waals surface area contributed by atoms with Gasteiger partial charge in [0, 0.05) is 201 Å². The number of hydrogen-bond donors (Lipinski definition) is 1. The Morgan fingerprint density at radius 2 is 0.891 bits per heavy atom. The van der Waals surface area contributed by atoms with Gasteiger partial charge in [0.1, 0.15) is 35.5 Å². The first kappa shape index (κ1) is 88.5. The van der Waals surface area contributed by atoms with Gasteiger partial charge in [-0.25, -0.2) is 0 Å². The van der Waals surface area contributed by atoms with Crippen LogP contribution in [0.15, 0.2) is 10.6 Å². The number of rotatable bonds is 27. The van der Waals surface area contributed by atoms with Crippen LogP contribution >= 0.6 is 0 Å². The molecule has 1 N–H and O–H groups in total. The Bertz CT molecular complexity index is 2330. The van der Waals surface area contributed by atoms with Crippen LogP contribution in [0.2, 0.25) is 0 Å². The molecule has 24 heteroatoms. The zero-order valence-corrected chi connectivity index (χ0v) is 66.7. The molecule has 24 nitrogen and oxygen atoms in total. The second kappa shape index (κ2) is 49.7. The Kier molecular flexibility index (Phi) is 43.5. The number of hydrogen-bond acceptors (Lipinski definition) is 24. The fraction of sp³-hybridized carbons (Fsp3) is 0.896. The minimum absolute atomic E-state index is 0.0973. The largest absolute Gasteiger partial charge is 0.395 e. The molecule has 4 unspecified atom stereocenters. The maximum absolute atomic E-state index is 11.1. The van der Waals surface area contributed by atoms with E-state index in [0.29, 0.717) is 56.4 Å². The van der Waals surface area contributed by atoms with Gasteiger partial charge in [0.2, 0.25) is 0 Å². The summed E-state index contributed by atoms with van der Waals surface area (Å²) in [6.07, 6.45) is 11.3. The van der Waals surface area contributed by atoms with E-state index in [9.17, 15) is 29.1 Å². The number of piperazine rings is 6. The van der Waals surface area contributed by atoms with Crippen molar-refractivity contribution in [1.82, 2.24) is 78.7 Å². The molecule has 9 aliphatic heterocycles. The number of aryl methyl sites for hydroxylation is 1. The molecule has 9 fully saturated rings. The number of ether oxygens (including phenoxy) is 1. The van der Waals surface area contributed by atoms with Crippen LogP contribution in [-0.2, 0) is 35.1 Å². The van der Waals surface area contributed by atoms with Crippen molar-refractivity contribution in [2.24, 2.45) is 17.8 Å². The highest BCUT2D eigenvalue weighted by Crippen LogP contribution is 2.22. The first-order valence-corrected chi connectivity index (χ1v) is 39.6. The monoisotopic (exact) mass is 1430 g/mol. The van der Waals surface area contributed by atoms with Crippen LogP contribution in [0.4, 0.5) is 0 Å². The third-order valence-corrected chi connectivity index (χ3v) is 22.2. The van der Waals surface area contributed by atoms with E-state index in [1.807, 2.05) is 13.0 Å². The standard InChI is InChI=1S/3C14H27N3O.2C12H24N2O2.C11H19N3O/c1-13(18)11-16-5-3-14(4-6-16)12-17-9-7-15(2)8-10-17;1-13(18)11-17-9-7-16(8-10-17)6-4-14-3-5-15(2)12-14;1-13(18)11-16-7-9-17(10-8-16)12-14-3-5-15(2)6-4-14;1-10-7-14(8-11(2)13(10)4)5-6-16-9-12(3)15;1-3-4-5-14-7-6-13(8-11(2)16)9-12(14)10-15;1-10-9-11(12-15-10)3-4-14-7-5-13(2)6-8-14/h3*14H,3-12H2,1-2H3;10-11H,5-9H2,1-4H3;12,15H,3-10H2,1-2H3;9H,3-8H2,1-2H3. The second-order valence-electron chi connectivity index (χ2n) is 31.9. The second-order valence-corrected chi connectivity index (χ2v) is 31.9. The maximum atomic E-state index is 11.1. The molecule has 0 saturated carbocycles. The van der Waals surface area contributed by atoms with Crippen molar-refractivity contribution in [3.05, 3.63) is 17.5 Å². The fourth-order valence-corrected chi connectivity index (χ4v) is 15.4. The predicted molar refractivity (Wildman–Crippen MR) is 409 cm³/mol. The smallest absolute Gasteiger partial charge is 0.155 e. The number of aliphatic hydroxyl groups is 1. The van der Waals surface area contributed by atoms with Gasteiger partial charge in [-0.2, -0.15) is 0 Å². The number of likely N-dealkylation sites (N-methyl/N-ethyl adjacent to an activating group) is 3. The number of piperidine rings is 2. The lowest BCUT2D eigenvalue weighted by Crippen LogP contribution is -2.55. The molecular weight excluding hydrogens is 1280 g/mol. The quantitative estimate of drug-likeness (QED) is 0.126. The molecule has 0 bridgehead atoms. The number of carbonyl (C=O) groups is 5. The van der Waals surface area contributed by atoms with Crippen molar-refractivity contribution in [3.8, 4) is 0 Å². The van der Waals surface area contributed by atoms with Crippen LogP contribution in [-0.4, -0.2) is 428 Å². The molecule has 9 saturated heterocycles. The van der Waals surface area contributed by atoms with E-state index in [1.54, 1.807) is 34.6 Å². The summed E-state index contributed by atoms with van der Waals surface area (Å²) < 4.78 is 10.3. The molecule has 9 aliphatic rings. The van der Waals surface area contributed by atoms with Crippen LogP contribution in [0.3, 0.4) is 0 Å². The lowest BCUT2D eigenvalue weighted by atomic mass is 9.96. The fourth-order valence-electron chi connectivity index (χ4n) is 15.4. The van der Waals surface area contributed by atoms with Crippen LogP contribution in [0.1, 0.15) is 118 Å². The lowest BCUT2D eigenvalue weighted by molar-refractivity contribution is -0.122. The summed E-state index contributed by atoms with van der Waals surface area (Å²) in [5.74, 6) is 4.73. The Morgan fingerprint density at radius 1 is 0.465 bits per heavy atom. The predicted octanol–water partition coefficient (Wildman–Crippen LogP) is 3.35. The molecule has 1 aromatic heterocycles. The zero-order valence-electron chi connectivity index (χ0n) is 66.7. The number of aromatic nitrogens is 1. The number of unbranched alkanes of at least 4 members (excludes halogenated alkanes) is 1. The van der Waals surface area contributed by atoms with Crippen molar-refractivity contribution in [1.29, 1.82) is 0 Å². The summed E-state index contributed by atoms with van der Waals surface area (Å²) in [5, 5.41) is 13.4. The molecule has 10 heterocycles. The zero-order chi connectivity index (χ0) is 73.6. The number of likely N-dealkylation sites (tertiary alicyclic amines) is 3. The highest BCUT2D eigenvalue weighted by Gasteiger charge is 2.30. The molecule has 584 valence electrons. The molecule has 0 spiro atoms. The van der Waals surface area contributed by atoms with Crippen molar-refractivity contribution < 1.29 is 38.3 Å². The lowest BCUT2D eigenvalue weighted by Gasteiger charge is -2.42. The minimum atomic E-state index is 0.0973. The van der Waals surface area contributed by atoms with E-state index in [1.165, 1.54) is 150 Å². The van der Waals surface area contributed by atoms with E-state index in [2.05, 4.69) is 135 Å². The number of carbonyl (C=O) groups excluding carboxylic acids is 5. The number of ketones is 5. The van der Waals surface area contributed by atoms with Crippen molar-refractivity contribution in [3.63, 3.8) is 0 Å². The third-order valence-electron chi connectivity index (χ3n) is 22.2. The van der Waals surface area contributed by atoms with Gasteiger partial charge in [-0.3, -0.25) is 58.3 Å². The Labute approximate surface area is 613 Å². The van der Waals surface area contributed by atoms with Gasteiger partial charge in [-0.05, 0) is 199 Å². The molecule has 101 heavy (non-hydrogen) atoms. The van der Waals surface area contributed by atoms with Crippen molar-refractivity contribution >= 4 is 28.9 Å². The molecular formula is C77H148N16O8. The van der Waals surface area contributed by atoms with Gasteiger partial charge >= 0.3 is 0 Å².